The minimum Gasteiger partial charge on any atom is -0.341 e. The van der Waals surface area contributed by atoms with Gasteiger partial charge in [-0.2, -0.15) is 5.26 Å². The van der Waals surface area contributed by atoms with E-state index in [1.807, 2.05) is 18.2 Å². The van der Waals surface area contributed by atoms with Crippen LogP contribution in [-0.4, -0.2) is 23.4 Å². The van der Waals surface area contributed by atoms with Crippen LogP contribution in [0.4, 0.5) is 0 Å². The summed E-state index contributed by atoms with van der Waals surface area (Å²) in [6.45, 7) is 0.518. The molecule has 1 saturated carbocycles. The Labute approximate surface area is 126 Å². The van der Waals surface area contributed by atoms with Crippen molar-refractivity contribution in [3.63, 3.8) is 0 Å². The van der Waals surface area contributed by atoms with Gasteiger partial charge in [0.2, 0.25) is 5.91 Å². The molecule has 1 aromatic rings. The van der Waals surface area contributed by atoms with Crippen molar-refractivity contribution in [2.45, 2.75) is 50.6 Å². The van der Waals surface area contributed by atoms with E-state index in [0.717, 1.165) is 31.2 Å². The summed E-state index contributed by atoms with van der Waals surface area (Å²) in [6.07, 6.45) is 5.77. The number of hydrogen-bond donors (Lipinski definition) is 1. The lowest BCUT2D eigenvalue weighted by molar-refractivity contribution is -0.132. The fraction of sp³-hybridized carbons (Fsp3) is 0.529. The molecule has 0 heterocycles. The average Bonchev–Trinajstić information content (AvgIpc) is 2.47. The van der Waals surface area contributed by atoms with Gasteiger partial charge in [0.15, 0.2) is 0 Å². The lowest BCUT2D eigenvalue weighted by Crippen LogP contribution is -2.46. The second-order valence-corrected chi connectivity index (χ2v) is 6.16. The summed E-state index contributed by atoms with van der Waals surface area (Å²) in [5.74, 6) is 0.0850. The van der Waals surface area contributed by atoms with Crippen LogP contribution in [0.25, 0.3) is 0 Å². The van der Waals surface area contributed by atoms with E-state index >= 15 is 0 Å². The first kappa shape index (κ1) is 15.5. The van der Waals surface area contributed by atoms with Gasteiger partial charge in [0.25, 0.3) is 0 Å². The lowest BCUT2D eigenvalue weighted by atomic mass is 9.80. The largest absolute Gasteiger partial charge is 0.341 e. The van der Waals surface area contributed by atoms with E-state index in [1.165, 1.54) is 6.42 Å². The zero-order chi connectivity index (χ0) is 15.3. The highest BCUT2D eigenvalue weighted by molar-refractivity contribution is 5.77. The Bertz CT molecular complexity index is 541. The quantitative estimate of drug-likeness (QED) is 0.924. The molecule has 1 fully saturated rings. The fourth-order valence-corrected chi connectivity index (χ4v) is 2.97. The zero-order valence-corrected chi connectivity index (χ0v) is 12.6. The third-order valence-corrected chi connectivity index (χ3v) is 4.25. The molecular formula is C17H23N3O. The predicted octanol–water partition coefficient (Wildman–Crippen LogP) is 2.57. The second kappa shape index (κ2) is 6.73. The van der Waals surface area contributed by atoms with Gasteiger partial charge < -0.3 is 10.6 Å². The zero-order valence-electron chi connectivity index (χ0n) is 12.6. The van der Waals surface area contributed by atoms with Gasteiger partial charge in [0, 0.05) is 25.6 Å². The van der Waals surface area contributed by atoms with E-state index in [2.05, 4.69) is 6.07 Å². The molecule has 2 rings (SSSR count). The normalized spacial score (nSPS) is 17.0. The van der Waals surface area contributed by atoms with E-state index in [0.29, 0.717) is 18.5 Å². The number of nitrogens with two attached hydrogens (primary N) is 1. The fourth-order valence-electron chi connectivity index (χ4n) is 2.97. The van der Waals surface area contributed by atoms with Gasteiger partial charge in [-0.15, -0.1) is 0 Å². The van der Waals surface area contributed by atoms with Crippen LogP contribution in [0.3, 0.4) is 0 Å². The van der Waals surface area contributed by atoms with Crippen molar-refractivity contribution in [1.82, 2.24) is 4.90 Å². The maximum absolute atomic E-state index is 12.4. The van der Waals surface area contributed by atoms with Crippen molar-refractivity contribution in [2.24, 2.45) is 5.73 Å². The highest BCUT2D eigenvalue weighted by Gasteiger charge is 2.31. The van der Waals surface area contributed by atoms with Gasteiger partial charge in [-0.25, -0.2) is 0 Å². The Hall–Kier alpha value is -1.86. The monoisotopic (exact) mass is 285 g/mol. The highest BCUT2D eigenvalue weighted by atomic mass is 16.2. The van der Waals surface area contributed by atoms with Crippen LogP contribution >= 0.6 is 0 Å². The lowest BCUT2D eigenvalue weighted by Gasteiger charge is -2.34. The van der Waals surface area contributed by atoms with Crippen LogP contribution in [0.1, 0.15) is 49.7 Å². The van der Waals surface area contributed by atoms with Crippen LogP contribution in [0.15, 0.2) is 24.3 Å². The minimum absolute atomic E-state index is 0.0850. The Morgan fingerprint density at radius 1 is 1.38 bits per heavy atom. The Kier molecular flexibility index (Phi) is 4.98. The molecule has 0 aliphatic heterocycles. The van der Waals surface area contributed by atoms with Gasteiger partial charge in [-0.05, 0) is 30.5 Å². The van der Waals surface area contributed by atoms with Gasteiger partial charge in [0.05, 0.1) is 11.6 Å². The SMILES string of the molecule is CN(Cc1cccc(C#N)c1)C(=O)CC1(N)CCCCC1. The van der Waals surface area contributed by atoms with Crippen molar-refractivity contribution in [3.05, 3.63) is 35.4 Å². The molecule has 0 radical (unpaired) electrons. The number of benzene rings is 1. The molecule has 4 nitrogen and oxygen atoms in total. The highest BCUT2D eigenvalue weighted by Crippen LogP contribution is 2.29. The first-order valence-corrected chi connectivity index (χ1v) is 7.54. The minimum atomic E-state index is -0.321. The van der Waals surface area contributed by atoms with Crippen LogP contribution in [0, 0.1) is 11.3 Å². The molecule has 1 aliphatic carbocycles. The number of amides is 1. The van der Waals surface area contributed by atoms with Crippen molar-refractivity contribution in [2.75, 3.05) is 7.05 Å². The molecule has 0 spiro atoms. The first-order chi connectivity index (χ1) is 10.0. The molecule has 0 atom stereocenters. The Balaban J connectivity index is 1.94. The maximum Gasteiger partial charge on any atom is 0.224 e. The molecule has 2 N–H and O–H groups in total. The molecule has 1 aromatic carbocycles. The second-order valence-electron chi connectivity index (χ2n) is 6.16. The summed E-state index contributed by atoms with van der Waals surface area (Å²) >= 11 is 0. The van der Waals surface area contributed by atoms with E-state index in [4.69, 9.17) is 11.0 Å². The smallest absolute Gasteiger partial charge is 0.224 e. The predicted molar refractivity (Wildman–Crippen MR) is 82.3 cm³/mol. The van der Waals surface area contributed by atoms with Crippen molar-refractivity contribution >= 4 is 5.91 Å². The molecule has 112 valence electrons. The molecule has 1 aliphatic rings. The number of carbonyl (C=O) groups is 1. The molecule has 1 amide bonds. The molecule has 0 saturated heterocycles. The summed E-state index contributed by atoms with van der Waals surface area (Å²) in [5, 5.41) is 8.91. The first-order valence-electron chi connectivity index (χ1n) is 7.54. The van der Waals surface area contributed by atoms with Crippen LogP contribution in [0.5, 0.6) is 0 Å². The third kappa shape index (κ3) is 4.30. The van der Waals surface area contributed by atoms with Gasteiger partial charge >= 0.3 is 0 Å². The number of nitrogens with zero attached hydrogens (tertiary/aromatic N) is 2. The van der Waals surface area contributed by atoms with E-state index in [9.17, 15) is 4.79 Å². The molecule has 4 heteroatoms. The maximum atomic E-state index is 12.4. The summed E-state index contributed by atoms with van der Waals surface area (Å²) in [7, 11) is 1.80. The molecule has 0 aromatic heterocycles. The van der Waals surface area contributed by atoms with Crippen molar-refractivity contribution in [1.29, 1.82) is 5.26 Å². The van der Waals surface area contributed by atoms with Crippen LogP contribution in [0.2, 0.25) is 0 Å². The number of carbonyl (C=O) groups excluding carboxylic acids is 1. The molecule has 0 bridgehead atoms. The molecule has 0 unspecified atom stereocenters. The van der Waals surface area contributed by atoms with E-state index < -0.39 is 0 Å². The number of hydrogen-bond acceptors (Lipinski definition) is 3. The Morgan fingerprint density at radius 2 is 2.10 bits per heavy atom. The number of rotatable bonds is 4. The van der Waals surface area contributed by atoms with Crippen LogP contribution < -0.4 is 5.73 Å². The van der Waals surface area contributed by atoms with Gasteiger partial charge in [-0.3, -0.25) is 4.79 Å². The standard InChI is InChI=1S/C17H23N3O/c1-20(13-15-7-5-6-14(10-15)12-18)16(21)11-17(19)8-3-2-4-9-17/h5-7,10H,2-4,8-9,11,13,19H2,1H3. The molecule has 21 heavy (non-hydrogen) atoms. The third-order valence-electron chi connectivity index (χ3n) is 4.25. The summed E-state index contributed by atoms with van der Waals surface area (Å²) in [6, 6.07) is 9.49. The van der Waals surface area contributed by atoms with E-state index in [1.54, 1.807) is 18.0 Å². The van der Waals surface area contributed by atoms with E-state index in [-0.39, 0.29) is 11.4 Å². The Morgan fingerprint density at radius 3 is 2.76 bits per heavy atom. The molecular weight excluding hydrogens is 262 g/mol. The topological polar surface area (TPSA) is 70.1 Å². The average molecular weight is 285 g/mol. The summed E-state index contributed by atoms with van der Waals surface area (Å²) in [5.41, 5.74) is 7.62. The van der Waals surface area contributed by atoms with Crippen molar-refractivity contribution in [3.8, 4) is 6.07 Å². The summed E-state index contributed by atoms with van der Waals surface area (Å²) < 4.78 is 0. The van der Waals surface area contributed by atoms with Gasteiger partial charge in [0.1, 0.15) is 0 Å². The van der Waals surface area contributed by atoms with Gasteiger partial charge in [-0.1, -0.05) is 31.4 Å². The summed E-state index contributed by atoms with van der Waals surface area (Å²) in [4.78, 5) is 14.1. The van der Waals surface area contributed by atoms with Crippen LogP contribution in [-0.2, 0) is 11.3 Å². The number of nitriles is 1. The van der Waals surface area contributed by atoms with Crippen molar-refractivity contribution < 1.29 is 4.79 Å².